The van der Waals surface area contributed by atoms with Gasteiger partial charge >= 0.3 is 0 Å². The molecule has 0 saturated carbocycles. The van der Waals surface area contributed by atoms with Gasteiger partial charge in [0.1, 0.15) is 5.75 Å². The summed E-state index contributed by atoms with van der Waals surface area (Å²) in [4.78, 5) is 14.1. The molecule has 0 spiro atoms. The van der Waals surface area contributed by atoms with Crippen molar-refractivity contribution in [1.29, 1.82) is 0 Å². The first-order valence-corrected chi connectivity index (χ1v) is 6.56. The van der Waals surface area contributed by atoms with Crippen molar-refractivity contribution in [3.8, 4) is 5.75 Å². The number of nitrogens with zero attached hydrogens (tertiary/aromatic N) is 1. The number of hydrogen-bond acceptors (Lipinski definition) is 2. The molecule has 0 aliphatic rings. The Morgan fingerprint density at radius 2 is 2.12 bits per heavy atom. The summed E-state index contributed by atoms with van der Waals surface area (Å²) in [5, 5.41) is 0. The number of rotatable bonds is 5. The van der Waals surface area contributed by atoms with Crippen LogP contribution in [-0.2, 0) is 0 Å². The fraction of sp³-hybridized carbons (Fsp3) is 0.462. The van der Waals surface area contributed by atoms with E-state index in [0.717, 1.165) is 17.4 Å². The monoisotopic (exact) mass is 299 g/mol. The fourth-order valence-electron chi connectivity index (χ4n) is 1.69. The molecule has 4 heteroatoms. The largest absolute Gasteiger partial charge is 0.496 e. The number of carbonyl (C=O) groups excluding carboxylic acids is 1. The van der Waals surface area contributed by atoms with E-state index in [-0.39, 0.29) is 5.91 Å². The predicted octanol–water partition coefficient (Wildman–Crippen LogP) is 3.33. The zero-order valence-electron chi connectivity index (χ0n) is 10.5. The summed E-state index contributed by atoms with van der Waals surface area (Å²) in [6.45, 7) is 5.54. The van der Waals surface area contributed by atoms with Crippen LogP contribution in [-0.4, -0.2) is 31.0 Å². The molecule has 1 aromatic carbocycles. The number of carbonyl (C=O) groups is 1. The number of ether oxygens (including phenoxy) is 1. The molecule has 1 rings (SSSR count). The molecule has 0 heterocycles. The van der Waals surface area contributed by atoms with Crippen molar-refractivity contribution >= 4 is 21.8 Å². The zero-order chi connectivity index (χ0) is 12.8. The third-order valence-corrected chi connectivity index (χ3v) is 3.05. The third kappa shape index (κ3) is 3.46. The average Bonchev–Trinajstić information content (AvgIpc) is 2.34. The molecule has 1 amide bonds. The Morgan fingerprint density at radius 3 is 2.65 bits per heavy atom. The Kier molecular flexibility index (Phi) is 5.48. The molecule has 1 aromatic rings. The molecule has 94 valence electrons. The summed E-state index contributed by atoms with van der Waals surface area (Å²) >= 11 is 3.37. The lowest BCUT2D eigenvalue weighted by Gasteiger charge is -2.21. The summed E-state index contributed by atoms with van der Waals surface area (Å²) in [7, 11) is 1.58. The predicted molar refractivity (Wildman–Crippen MR) is 72.6 cm³/mol. The van der Waals surface area contributed by atoms with E-state index >= 15 is 0 Å². The van der Waals surface area contributed by atoms with Gasteiger partial charge in [-0.2, -0.15) is 0 Å². The Bertz CT molecular complexity index is 393. The first-order chi connectivity index (χ1) is 8.13. The average molecular weight is 300 g/mol. The lowest BCUT2D eigenvalue weighted by Crippen LogP contribution is -2.31. The van der Waals surface area contributed by atoms with Gasteiger partial charge in [-0.3, -0.25) is 4.79 Å². The van der Waals surface area contributed by atoms with Crippen molar-refractivity contribution in [2.75, 3.05) is 20.2 Å². The van der Waals surface area contributed by atoms with Crippen molar-refractivity contribution in [3.63, 3.8) is 0 Å². The minimum Gasteiger partial charge on any atom is -0.496 e. The summed E-state index contributed by atoms with van der Waals surface area (Å²) < 4.78 is 6.15. The highest BCUT2D eigenvalue weighted by atomic mass is 79.9. The van der Waals surface area contributed by atoms with Gasteiger partial charge in [0.25, 0.3) is 5.91 Å². The second kappa shape index (κ2) is 6.64. The van der Waals surface area contributed by atoms with Crippen LogP contribution in [0.15, 0.2) is 22.7 Å². The second-order valence-corrected chi connectivity index (χ2v) is 4.65. The van der Waals surface area contributed by atoms with E-state index in [2.05, 4.69) is 22.9 Å². The van der Waals surface area contributed by atoms with Gasteiger partial charge in [-0.05, 0) is 31.5 Å². The Morgan fingerprint density at radius 1 is 1.41 bits per heavy atom. The van der Waals surface area contributed by atoms with E-state index in [1.165, 1.54) is 0 Å². The zero-order valence-corrected chi connectivity index (χ0v) is 12.1. The van der Waals surface area contributed by atoms with Gasteiger partial charge in [0.2, 0.25) is 0 Å². The summed E-state index contributed by atoms with van der Waals surface area (Å²) in [5.41, 5.74) is 0.617. The van der Waals surface area contributed by atoms with Gasteiger partial charge in [-0.25, -0.2) is 0 Å². The van der Waals surface area contributed by atoms with E-state index in [0.29, 0.717) is 17.9 Å². The fourth-order valence-corrected chi connectivity index (χ4v) is 2.03. The van der Waals surface area contributed by atoms with Crippen LogP contribution in [0.2, 0.25) is 0 Å². The third-order valence-electron chi connectivity index (χ3n) is 2.56. The molecule has 17 heavy (non-hydrogen) atoms. The molecule has 0 aliphatic carbocycles. The summed E-state index contributed by atoms with van der Waals surface area (Å²) in [5.74, 6) is 0.637. The van der Waals surface area contributed by atoms with Crippen LogP contribution in [0.3, 0.4) is 0 Å². The van der Waals surface area contributed by atoms with Crippen LogP contribution in [0.4, 0.5) is 0 Å². The van der Waals surface area contributed by atoms with Gasteiger partial charge in [-0.1, -0.05) is 22.9 Å². The van der Waals surface area contributed by atoms with E-state index in [1.807, 2.05) is 24.0 Å². The van der Waals surface area contributed by atoms with Crippen molar-refractivity contribution in [3.05, 3.63) is 28.2 Å². The number of methoxy groups -OCH3 is 1. The van der Waals surface area contributed by atoms with Crippen molar-refractivity contribution in [2.24, 2.45) is 0 Å². The molecular formula is C13H18BrNO2. The highest BCUT2D eigenvalue weighted by molar-refractivity contribution is 9.10. The van der Waals surface area contributed by atoms with Crippen LogP contribution >= 0.6 is 15.9 Å². The van der Waals surface area contributed by atoms with Crippen LogP contribution < -0.4 is 4.74 Å². The van der Waals surface area contributed by atoms with Gasteiger partial charge in [0.15, 0.2) is 0 Å². The Balaban J connectivity index is 3.02. The maximum Gasteiger partial charge on any atom is 0.257 e. The summed E-state index contributed by atoms with van der Waals surface area (Å²) in [6.07, 6.45) is 0.957. The van der Waals surface area contributed by atoms with Crippen molar-refractivity contribution in [2.45, 2.75) is 20.3 Å². The number of hydrogen-bond donors (Lipinski definition) is 0. The molecular weight excluding hydrogens is 282 g/mol. The minimum atomic E-state index is 0.0266. The van der Waals surface area contributed by atoms with E-state index < -0.39 is 0 Å². The smallest absolute Gasteiger partial charge is 0.257 e. The van der Waals surface area contributed by atoms with E-state index in [1.54, 1.807) is 13.2 Å². The first-order valence-electron chi connectivity index (χ1n) is 5.76. The quantitative estimate of drug-likeness (QED) is 0.835. The normalized spacial score (nSPS) is 10.1. The van der Waals surface area contributed by atoms with E-state index in [4.69, 9.17) is 4.74 Å². The molecule has 0 saturated heterocycles. The van der Waals surface area contributed by atoms with Crippen LogP contribution in [0.25, 0.3) is 0 Å². The minimum absolute atomic E-state index is 0.0266. The molecule has 0 atom stereocenters. The summed E-state index contributed by atoms with van der Waals surface area (Å²) in [6, 6.07) is 5.46. The Labute approximate surface area is 111 Å². The van der Waals surface area contributed by atoms with Gasteiger partial charge in [0.05, 0.1) is 12.7 Å². The SMILES string of the molecule is CCCN(CC)C(=O)c1ccc(Br)cc1OC. The van der Waals surface area contributed by atoms with Crippen molar-refractivity contribution < 1.29 is 9.53 Å². The maximum absolute atomic E-state index is 12.3. The van der Waals surface area contributed by atoms with E-state index in [9.17, 15) is 4.79 Å². The topological polar surface area (TPSA) is 29.5 Å². The van der Waals surface area contributed by atoms with Crippen LogP contribution in [0.1, 0.15) is 30.6 Å². The molecule has 0 radical (unpaired) electrons. The molecule has 3 nitrogen and oxygen atoms in total. The lowest BCUT2D eigenvalue weighted by molar-refractivity contribution is 0.0761. The molecule has 0 aliphatic heterocycles. The Hall–Kier alpha value is -1.03. The standard InChI is InChI=1S/C13H18BrNO2/c1-4-8-15(5-2)13(16)11-7-6-10(14)9-12(11)17-3/h6-7,9H,4-5,8H2,1-3H3. The molecule has 0 unspecified atom stereocenters. The van der Waals surface area contributed by atoms with Gasteiger partial charge in [0, 0.05) is 17.6 Å². The first kappa shape index (κ1) is 14.0. The highest BCUT2D eigenvalue weighted by Crippen LogP contribution is 2.24. The van der Waals surface area contributed by atoms with Gasteiger partial charge < -0.3 is 9.64 Å². The molecule has 0 aromatic heterocycles. The van der Waals surface area contributed by atoms with Crippen molar-refractivity contribution in [1.82, 2.24) is 4.90 Å². The number of amides is 1. The number of halogens is 1. The maximum atomic E-state index is 12.3. The highest BCUT2D eigenvalue weighted by Gasteiger charge is 2.17. The van der Waals surface area contributed by atoms with Crippen LogP contribution in [0, 0.1) is 0 Å². The van der Waals surface area contributed by atoms with Gasteiger partial charge in [-0.15, -0.1) is 0 Å². The number of benzene rings is 1. The molecule has 0 bridgehead atoms. The van der Waals surface area contributed by atoms with Crippen LogP contribution in [0.5, 0.6) is 5.75 Å². The second-order valence-electron chi connectivity index (χ2n) is 3.73. The lowest BCUT2D eigenvalue weighted by atomic mass is 10.1. The molecule has 0 N–H and O–H groups in total. The molecule has 0 fully saturated rings.